The average molecular weight is 446 g/mol. The van der Waals surface area contributed by atoms with E-state index in [-0.39, 0.29) is 16.0 Å². The zero-order valence-electron chi connectivity index (χ0n) is 17.0. The Kier molecular flexibility index (Phi) is 5.76. The van der Waals surface area contributed by atoms with Crippen molar-refractivity contribution >= 4 is 49.3 Å². The molecule has 0 fully saturated rings. The number of nitrogen functional groups attached to an aromatic ring is 1. The van der Waals surface area contributed by atoms with Crippen LogP contribution in [-0.4, -0.2) is 13.0 Å². The van der Waals surface area contributed by atoms with Gasteiger partial charge in [-0.25, -0.2) is 0 Å². The van der Waals surface area contributed by atoms with Gasteiger partial charge >= 0.3 is 0 Å². The molecule has 8 nitrogen and oxygen atoms in total. The van der Waals surface area contributed by atoms with Crippen molar-refractivity contribution in [1.82, 2.24) is 0 Å². The number of nitrogens with zero attached hydrogens (tertiary/aromatic N) is 4. The van der Waals surface area contributed by atoms with Gasteiger partial charge in [-0.2, -0.15) is 23.8 Å². The van der Waals surface area contributed by atoms with Crippen LogP contribution in [0.2, 0.25) is 0 Å². The SMILES string of the molecule is Cc1cc(N=Nc2ccc(N)c3c(S(=O)(=O)O)cccc23)ccc1N=Nc1ccccc1. The van der Waals surface area contributed by atoms with E-state index in [1.807, 2.05) is 43.3 Å². The second-order valence-corrected chi connectivity index (χ2v) is 8.42. The summed E-state index contributed by atoms with van der Waals surface area (Å²) in [6.45, 7) is 1.90. The smallest absolute Gasteiger partial charge is 0.295 e. The highest BCUT2D eigenvalue weighted by molar-refractivity contribution is 7.86. The number of fused-ring (bicyclic) bond motifs is 1. The van der Waals surface area contributed by atoms with Crippen molar-refractivity contribution in [2.75, 3.05) is 5.73 Å². The average Bonchev–Trinajstić information content (AvgIpc) is 2.78. The molecule has 0 unspecified atom stereocenters. The van der Waals surface area contributed by atoms with Crippen LogP contribution in [-0.2, 0) is 10.1 Å². The highest BCUT2D eigenvalue weighted by Gasteiger charge is 2.17. The lowest BCUT2D eigenvalue weighted by atomic mass is 10.1. The Bertz CT molecular complexity index is 1470. The Morgan fingerprint density at radius 1 is 0.750 bits per heavy atom. The van der Waals surface area contributed by atoms with Gasteiger partial charge in [-0.15, -0.1) is 5.11 Å². The number of benzene rings is 4. The second-order valence-electron chi connectivity index (χ2n) is 7.03. The van der Waals surface area contributed by atoms with Crippen molar-refractivity contribution in [3.8, 4) is 0 Å². The molecule has 0 heterocycles. The van der Waals surface area contributed by atoms with E-state index in [2.05, 4.69) is 20.5 Å². The fourth-order valence-electron chi connectivity index (χ4n) is 3.22. The predicted octanol–water partition coefficient (Wildman–Crippen LogP) is 6.81. The summed E-state index contributed by atoms with van der Waals surface area (Å²) in [6.07, 6.45) is 0. The molecule has 0 aliphatic carbocycles. The van der Waals surface area contributed by atoms with Crippen LogP contribution in [0, 0.1) is 6.92 Å². The fraction of sp³-hybridized carbons (Fsp3) is 0.0435. The van der Waals surface area contributed by atoms with Gasteiger partial charge in [-0.3, -0.25) is 4.55 Å². The zero-order chi connectivity index (χ0) is 22.7. The highest BCUT2D eigenvalue weighted by atomic mass is 32.2. The molecule has 0 amide bonds. The Balaban J connectivity index is 1.66. The van der Waals surface area contributed by atoms with E-state index in [1.165, 1.54) is 18.2 Å². The monoisotopic (exact) mass is 445 g/mol. The van der Waals surface area contributed by atoms with E-state index < -0.39 is 10.1 Å². The minimum absolute atomic E-state index is 0.208. The summed E-state index contributed by atoms with van der Waals surface area (Å²) in [5, 5.41) is 17.7. The molecule has 32 heavy (non-hydrogen) atoms. The number of azo groups is 2. The Hall–Kier alpha value is -3.95. The van der Waals surface area contributed by atoms with E-state index in [1.54, 1.807) is 24.3 Å². The van der Waals surface area contributed by atoms with Crippen LogP contribution in [0.5, 0.6) is 0 Å². The minimum Gasteiger partial charge on any atom is -0.398 e. The summed E-state index contributed by atoms with van der Waals surface area (Å²) in [6, 6.07) is 22.5. The van der Waals surface area contributed by atoms with Crippen molar-refractivity contribution < 1.29 is 13.0 Å². The summed E-state index contributed by atoms with van der Waals surface area (Å²) >= 11 is 0. The van der Waals surface area contributed by atoms with Crippen LogP contribution in [0.4, 0.5) is 28.4 Å². The minimum atomic E-state index is -4.44. The van der Waals surface area contributed by atoms with E-state index in [0.29, 0.717) is 22.4 Å². The summed E-state index contributed by atoms with van der Waals surface area (Å²) in [4.78, 5) is -0.270. The first-order chi connectivity index (χ1) is 15.3. The quantitative estimate of drug-likeness (QED) is 0.198. The molecule has 0 saturated carbocycles. The van der Waals surface area contributed by atoms with Crippen molar-refractivity contribution in [3.05, 3.63) is 84.4 Å². The number of anilines is 1. The van der Waals surface area contributed by atoms with Gasteiger partial charge in [-0.05, 0) is 61.0 Å². The van der Waals surface area contributed by atoms with Crippen molar-refractivity contribution in [3.63, 3.8) is 0 Å². The summed E-state index contributed by atoms with van der Waals surface area (Å²) in [5.74, 6) is 0. The van der Waals surface area contributed by atoms with Gasteiger partial charge in [0.15, 0.2) is 0 Å². The lowest BCUT2D eigenvalue weighted by Gasteiger charge is -2.08. The van der Waals surface area contributed by atoms with Gasteiger partial charge in [0, 0.05) is 16.5 Å². The third-order valence-corrected chi connectivity index (χ3v) is 5.67. The molecule has 0 aromatic heterocycles. The van der Waals surface area contributed by atoms with E-state index in [4.69, 9.17) is 5.73 Å². The Morgan fingerprint density at radius 3 is 2.16 bits per heavy atom. The van der Waals surface area contributed by atoms with E-state index in [9.17, 15) is 13.0 Å². The summed E-state index contributed by atoms with van der Waals surface area (Å²) < 4.78 is 33.0. The molecule has 0 spiro atoms. The molecule has 0 aliphatic heterocycles. The second kappa shape index (κ2) is 8.66. The van der Waals surface area contributed by atoms with Crippen LogP contribution in [0.15, 0.2) is 104 Å². The first-order valence-electron chi connectivity index (χ1n) is 9.61. The number of aryl methyl sites for hydroxylation is 1. The molecule has 9 heteroatoms. The van der Waals surface area contributed by atoms with Crippen molar-refractivity contribution in [2.24, 2.45) is 20.5 Å². The predicted molar refractivity (Wildman–Crippen MR) is 124 cm³/mol. The normalized spacial score (nSPS) is 12.2. The molecule has 3 N–H and O–H groups in total. The standard InChI is InChI=1S/C23H19N5O3S/c1-15-14-17(10-12-20(15)27-25-16-6-3-2-4-7-16)26-28-21-13-11-19(24)23-18(21)8-5-9-22(23)32(29,30)31/h2-14H,24H2,1H3,(H,29,30,31). The van der Waals surface area contributed by atoms with Gasteiger partial charge in [0.2, 0.25) is 0 Å². The number of nitrogens with two attached hydrogens (primary N) is 1. The van der Waals surface area contributed by atoms with Crippen molar-refractivity contribution in [2.45, 2.75) is 11.8 Å². The van der Waals surface area contributed by atoms with Crippen LogP contribution >= 0.6 is 0 Å². The topological polar surface area (TPSA) is 130 Å². The molecular formula is C23H19N5O3S. The Morgan fingerprint density at radius 2 is 1.44 bits per heavy atom. The lowest BCUT2D eigenvalue weighted by Crippen LogP contribution is -2.01. The van der Waals surface area contributed by atoms with Crippen LogP contribution in [0.1, 0.15) is 5.56 Å². The first-order valence-corrected chi connectivity index (χ1v) is 11.0. The summed E-state index contributed by atoms with van der Waals surface area (Å²) in [7, 11) is -4.44. The maximum absolute atomic E-state index is 11.7. The fourth-order valence-corrected chi connectivity index (χ4v) is 3.95. The van der Waals surface area contributed by atoms with E-state index in [0.717, 1.165) is 11.3 Å². The zero-order valence-corrected chi connectivity index (χ0v) is 17.9. The molecule has 0 saturated heterocycles. The maximum atomic E-state index is 11.7. The number of rotatable bonds is 5. The molecule has 0 atom stereocenters. The third-order valence-electron chi connectivity index (χ3n) is 4.77. The van der Waals surface area contributed by atoms with Gasteiger partial charge in [0.05, 0.1) is 22.7 Å². The van der Waals surface area contributed by atoms with Crippen LogP contribution in [0.3, 0.4) is 0 Å². The van der Waals surface area contributed by atoms with Crippen LogP contribution < -0.4 is 5.73 Å². The van der Waals surface area contributed by atoms with Gasteiger partial charge in [0.25, 0.3) is 10.1 Å². The molecule has 4 aromatic rings. The molecule has 4 aromatic carbocycles. The number of hydrogen-bond acceptors (Lipinski definition) is 7. The molecular weight excluding hydrogens is 426 g/mol. The Labute approximate surface area is 184 Å². The van der Waals surface area contributed by atoms with E-state index >= 15 is 0 Å². The van der Waals surface area contributed by atoms with Gasteiger partial charge in [0.1, 0.15) is 4.90 Å². The molecule has 160 valence electrons. The van der Waals surface area contributed by atoms with Crippen LogP contribution in [0.25, 0.3) is 10.8 Å². The van der Waals surface area contributed by atoms with Gasteiger partial charge in [-0.1, -0.05) is 30.3 Å². The highest BCUT2D eigenvalue weighted by Crippen LogP contribution is 2.36. The lowest BCUT2D eigenvalue weighted by molar-refractivity contribution is 0.484. The third kappa shape index (κ3) is 4.53. The largest absolute Gasteiger partial charge is 0.398 e. The number of hydrogen-bond donors (Lipinski definition) is 2. The molecule has 0 aliphatic rings. The van der Waals surface area contributed by atoms with Gasteiger partial charge < -0.3 is 5.73 Å². The van der Waals surface area contributed by atoms with Crippen molar-refractivity contribution in [1.29, 1.82) is 0 Å². The first kappa shape index (κ1) is 21.3. The molecule has 4 rings (SSSR count). The maximum Gasteiger partial charge on any atom is 0.295 e. The molecule has 0 radical (unpaired) electrons. The molecule has 0 bridgehead atoms. The summed E-state index contributed by atoms with van der Waals surface area (Å²) in [5.41, 5.74) is 9.55.